The molecular weight excluding hydrogens is 300 g/mol. The number of nitrogens with zero attached hydrogens (tertiary/aromatic N) is 2. The topological polar surface area (TPSA) is 24.9 Å². The molecular formula is C20H36N2O2. The zero-order chi connectivity index (χ0) is 17.9. The molecule has 0 aromatic rings. The molecule has 0 N–H and O–H groups in total. The summed E-state index contributed by atoms with van der Waals surface area (Å²) in [6, 6.07) is 0. The minimum atomic E-state index is 0.174. The Kier molecular flexibility index (Phi) is 9.62. The van der Waals surface area contributed by atoms with Crippen LogP contribution in [0.2, 0.25) is 0 Å². The van der Waals surface area contributed by atoms with Crippen molar-refractivity contribution in [3.05, 3.63) is 35.9 Å². The first-order valence-electron chi connectivity index (χ1n) is 9.20. The van der Waals surface area contributed by atoms with Crippen molar-refractivity contribution in [2.45, 2.75) is 52.6 Å². The molecule has 0 amide bonds. The summed E-state index contributed by atoms with van der Waals surface area (Å²) in [5.74, 6) is 1.48. The van der Waals surface area contributed by atoms with E-state index in [0.29, 0.717) is 5.76 Å². The average Bonchev–Trinajstić information content (AvgIpc) is 2.56. The van der Waals surface area contributed by atoms with E-state index >= 15 is 0 Å². The number of hydrogen-bond acceptors (Lipinski definition) is 4. The normalized spacial score (nSPS) is 18.9. The summed E-state index contributed by atoms with van der Waals surface area (Å²) in [6.07, 6.45) is 8.74. The molecule has 138 valence electrons. The van der Waals surface area contributed by atoms with Crippen LogP contribution in [0.1, 0.15) is 46.5 Å². The van der Waals surface area contributed by atoms with Crippen molar-refractivity contribution in [2.24, 2.45) is 0 Å². The number of allylic oxidation sites excluding steroid dienone is 3. The molecule has 1 saturated heterocycles. The molecule has 0 bridgehead atoms. The van der Waals surface area contributed by atoms with Gasteiger partial charge in [-0.1, -0.05) is 26.3 Å². The van der Waals surface area contributed by atoms with Gasteiger partial charge < -0.3 is 19.3 Å². The Hall–Kier alpha value is -1.42. The van der Waals surface area contributed by atoms with Crippen LogP contribution in [0.3, 0.4) is 0 Å². The minimum Gasteiger partial charge on any atom is -0.493 e. The van der Waals surface area contributed by atoms with Crippen LogP contribution in [-0.4, -0.2) is 56.2 Å². The molecule has 0 radical (unpaired) electrons. The van der Waals surface area contributed by atoms with Gasteiger partial charge in [0.15, 0.2) is 11.5 Å². The molecule has 0 saturated carbocycles. The predicted molar refractivity (Wildman–Crippen MR) is 102 cm³/mol. The van der Waals surface area contributed by atoms with Crippen molar-refractivity contribution in [1.82, 2.24) is 9.80 Å². The van der Waals surface area contributed by atoms with Crippen LogP contribution in [0.5, 0.6) is 0 Å². The SMILES string of the molecule is C=C/C(OC)=C(\C=C(/C)N1CCN(C)CC1)OC(C)CCCCC. The molecule has 1 heterocycles. The molecule has 4 heteroatoms. The third-order valence-electron chi connectivity index (χ3n) is 4.53. The zero-order valence-corrected chi connectivity index (χ0v) is 16.3. The Labute approximate surface area is 148 Å². The predicted octanol–water partition coefficient (Wildman–Crippen LogP) is 4.17. The van der Waals surface area contributed by atoms with E-state index in [4.69, 9.17) is 9.47 Å². The number of piperazine rings is 1. The monoisotopic (exact) mass is 336 g/mol. The van der Waals surface area contributed by atoms with Crippen molar-refractivity contribution >= 4 is 0 Å². The van der Waals surface area contributed by atoms with Gasteiger partial charge in [-0.25, -0.2) is 0 Å². The average molecular weight is 337 g/mol. The van der Waals surface area contributed by atoms with Gasteiger partial charge >= 0.3 is 0 Å². The smallest absolute Gasteiger partial charge is 0.163 e. The van der Waals surface area contributed by atoms with Gasteiger partial charge in [0.2, 0.25) is 0 Å². The Morgan fingerprint density at radius 2 is 1.83 bits per heavy atom. The molecule has 0 aromatic carbocycles. The highest BCUT2D eigenvalue weighted by Gasteiger charge is 2.16. The largest absolute Gasteiger partial charge is 0.493 e. The van der Waals surface area contributed by atoms with Crippen LogP contribution in [0.15, 0.2) is 35.9 Å². The summed E-state index contributed by atoms with van der Waals surface area (Å²) in [6.45, 7) is 14.6. The summed E-state index contributed by atoms with van der Waals surface area (Å²) < 4.78 is 11.7. The second-order valence-electron chi connectivity index (χ2n) is 6.64. The summed E-state index contributed by atoms with van der Waals surface area (Å²) >= 11 is 0. The van der Waals surface area contributed by atoms with Crippen LogP contribution in [0, 0.1) is 0 Å². The highest BCUT2D eigenvalue weighted by atomic mass is 16.5. The van der Waals surface area contributed by atoms with Gasteiger partial charge in [-0.3, -0.25) is 0 Å². The van der Waals surface area contributed by atoms with Gasteiger partial charge in [0.1, 0.15) is 0 Å². The second kappa shape index (κ2) is 11.2. The van der Waals surface area contributed by atoms with E-state index in [0.717, 1.165) is 38.4 Å². The molecule has 1 aliphatic heterocycles. The van der Waals surface area contributed by atoms with E-state index in [1.165, 1.54) is 25.0 Å². The van der Waals surface area contributed by atoms with Gasteiger partial charge in [-0.15, -0.1) is 0 Å². The standard InChI is InChI=1S/C20H36N2O2/c1-7-9-10-11-18(4)24-20(19(8-2)23-6)16-17(3)22-14-12-21(5)13-15-22/h8,16,18H,2,7,9-15H2,1,3-6H3/b17-16+,20-19-. The molecule has 1 unspecified atom stereocenters. The number of ether oxygens (including phenoxy) is 2. The molecule has 4 nitrogen and oxygen atoms in total. The molecule has 0 aromatic heterocycles. The molecule has 1 rings (SSSR count). The summed E-state index contributed by atoms with van der Waals surface area (Å²) in [5, 5.41) is 0. The highest BCUT2D eigenvalue weighted by molar-refractivity contribution is 5.26. The summed E-state index contributed by atoms with van der Waals surface area (Å²) in [7, 11) is 3.84. The summed E-state index contributed by atoms with van der Waals surface area (Å²) in [4.78, 5) is 4.76. The lowest BCUT2D eigenvalue weighted by atomic mass is 10.1. The number of hydrogen-bond donors (Lipinski definition) is 0. The molecule has 0 aliphatic carbocycles. The zero-order valence-electron chi connectivity index (χ0n) is 16.3. The van der Waals surface area contributed by atoms with Gasteiger partial charge in [-0.05, 0) is 39.8 Å². The van der Waals surface area contributed by atoms with Crippen LogP contribution in [0.25, 0.3) is 0 Å². The maximum absolute atomic E-state index is 6.19. The Morgan fingerprint density at radius 3 is 2.38 bits per heavy atom. The number of methoxy groups -OCH3 is 1. The number of rotatable bonds is 10. The van der Waals surface area contributed by atoms with E-state index in [-0.39, 0.29) is 6.10 Å². The first kappa shape index (κ1) is 20.6. The van der Waals surface area contributed by atoms with Crippen molar-refractivity contribution in [1.29, 1.82) is 0 Å². The van der Waals surface area contributed by atoms with E-state index in [1.807, 2.05) is 0 Å². The fourth-order valence-electron chi connectivity index (χ4n) is 2.85. The lowest BCUT2D eigenvalue weighted by Crippen LogP contribution is -2.43. The van der Waals surface area contributed by atoms with Crippen LogP contribution in [-0.2, 0) is 9.47 Å². The number of unbranched alkanes of at least 4 members (excludes halogenated alkanes) is 2. The molecule has 0 spiro atoms. The lowest BCUT2D eigenvalue weighted by molar-refractivity contribution is 0.114. The Balaban J connectivity index is 2.80. The Morgan fingerprint density at radius 1 is 1.17 bits per heavy atom. The fraction of sp³-hybridized carbons (Fsp3) is 0.700. The third-order valence-corrected chi connectivity index (χ3v) is 4.53. The van der Waals surface area contributed by atoms with Crippen LogP contribution in [0.4, 0.5) is 0 Å². The van der Waals surface area contributed by atoms with Gasteiger partial charge in [0.25, 0.3) is 0 Å². The molecule has 1 fully saturated rings. The van der Waals surface area contributed by atoms with Crippen molar-refractivity contribution in [2.75, 3.05) is 40.3 Å². The minimum absolute atomic E-state index is 0.174. The van der Waals surface area contributed by atoms with Gasteiger partial charge in [0, 0.05) is 38.0 Å². The fourth-order valence-corrected chi connectivity index (χ4v) is 2.85. The van der Waals surface area contributed by atoms with Crippen molar-refractivity contribution in [3.63, 3.8) is 0 Å². The summed E-state index contributed by atoms with van der Waals surface area (Å²) in [5.41, 5.74) is 1.22. The maximum atomic E-state index is 6.19. The first-order valence-corrected chi connectivity index (χ1v) is 9.20. The lowest BCUT2D eigenvalue weighted by Gasteiger charge is -2.34. The molecule has 24 heavy (non-hydrogen) atoms. The maximum Gasteiger partial charge on any atom is 0.163 e. The number of likely N-dealkylation sites (N-methyl/N-ethyl adjacent to an activating group) is 1. The highest BCUT2D eigenvalue weighted by Crippen LogP contribution is 2.19. The van der Waals surface area contributed by atoms with Crippen LogP contribution >= 0.6 is 0 Å². The van der Waals surface area contributed by atoms with E-state index in [1.54, 1.807) is 13.2 Å². The second-order valence-corrected chi connectivity index (χ2v) is 6.64. The van der Waals surface area contributed by atoms with Gasteiger partial charge in [0.05, 0.1) is 13.2 Å². The first-order chi connectivity index (χ1) is 11.5. The van der Waals surface area contributed by atoms with Crippen molar-refractivity contribution < 1.29 is 9.47 Å². The quantitative estimate of drug-likeness (QED) is 0.340. The third kappa shape index (κ3) is 7.00. The van der Waals surface area contributed by atoms with E-state index in [9.17, 15) is 0 Å². The van der Waals surface area contributed by atoms with Crippen LogP contribution < -0.4 is 0 Å². The molecule has 1 atom stereocenters. The van der Waals surface area contributed by atoms with Gasteiger partial charge in [-0.2, -0.15) is 0 Å². The van der Waals surface area contributed by atoms with E-state index < -0.39 is 0 Å². The Bertz CT molecular complexity index is 435. The van der Waals surface area contributed by atoms with E-state index in [2.05, 4.69) is 50.3 Å². The molecule has 1 aliphatic rings. The van der Waals surface area contributed by atoms with Crippen molar-refractivity contribution in [3.8, 4) is 0 Å².